The molecule has 1 saturated heterocycles. The third-order valence-electron chi connectivity index (χ3n) is 4.05. The Morgan fingerprint density at radius 1 is 1.52 bits per heavy atom. The molecule has 0 aromatic heterocycles. The Morgan fingerprint density at radius 2 is 2.43 bits per heavy atom. The number of ether oxygens (including phenoxy) is 2. The lowest BCUT2D eigenvalue weighted by molar-refractivity contribution is -0.137. The van der Waals surface area contributed by atoms with Crippen LogP contribution in [0.5, 0.6) is 5.75 Å². The number of amides is 1. The highest BCUT2D eigenvalue weighted by Gasteiger charge is 2.23. The number of hydrogen-bond acceptors (Lipinski definition) is 4. The van der Waals surface area contributed by atoms with Crippen molar-refractivity contribution in [2.75, 3.05) is 38.2 Å². The van der Waals surface area contributed by atoms with E-state index in [4.69, 9.17) is 9.47 Å². The number of morpholine rings is 1. The number of carbonyl (C=O) groups excluding carboxylic acids is 1. The van der Waals surface area contributed by atoms with Gasteiger partial charge in [0.05, 0.1) is 18.8 Å². The quantitative estimate of drug-likeness (QED) is 0.920. The Kier molecular flexibility index (Phi) is 4.29. The van der Waals surface area contributed by atoms with Gasteiger partial charge in [-0.2, -0.15) is 0 Å². The molecule has 0 spiro atoms. The number of anilines is 1. The highest BCUT2D eigenvalue weighted by Crippen LogP contribution is 2.32. The fraction of sp³-hybridized carbons (Fsp3) is 0.562. The van der Waals surface area contributed by atoms with Gasteiger partial charge in [-0.15, -0.1) is 0 Å². The molecule has 2 heterocycles. The fourth-order valence-corrected chi connectivity index (χ4v) is 2.89. The molecular formula is C16H22N2O3. The Hall–Kier alpha value is -1.75. The summed E-state index contributed by atoms with van der Waals surface area (Å²) in [6.07, 6.45) is 2.20. The summed E-state index contributed by atoms with van der Waals surface area (Å²) >= 11 is 0. The van der Waals surface area contributed by atoms with Gasteiger partial charge in [-0.05, 0) is 24.5 Å². The van der Waals surface area contributed by atoms with Crippen LogP contribution < -0.4 is 10.1 Å². The molecule has 1 aromatic carbocycles. The molecule has 5 nitrogen and oxygen atoms in total. The maximum Gasteiger partial charge on any atom is 0.219 e. The van der Waals surface area contributed by atoms with Crippen LogP contribution in [0.2, 0.25) is 0 Å². The second kappa shape index (κ2) is 6.35. The Morgan fingerprint density at radius 3 is 3.29 bits per heavy atom. The average Bonchev–Trinajstić information content (AvgIpc) is 2.53. The summed E-state index contributed by atoms with van der Waals surface area (Å²) in [6.45, 7) is 4.93. The van der Waals surface area contributed by atoms with E-state index in [0.29, 0.717) is 26.3 Å². The standard InChI is InChI=1S/C16H22N2O3/c1-12(19)18-8-9-20-14(10-18)11-21-15-6-2-4-13-5-3-7-17-16(13)15/h2,4,6,14,17H,3,5,7-11H2,1H3. The van der Waals surface area contributed by atoms with Crippen LogP contribution in [0.15, 0.2) is 18.2 Å². The van der Waals surface area contributed by atoms with Gasteiger partial charge in [0.25, 0.3) is 0 Å². The molecule has 1 fully saturated rings. The minimum absolute atomic E-state index is 0.0536. The lowest BCUT2D eigenvalue weighted by Crippen LogP contribution is -2.46. The number of hydrogen-bond donors (Lipinski definition) is 1. The van der Waals surface area contributed by atoms with Gasteiger partial charge < -0.3 is 19.7 Å². The van der Waals surface area contributed by atoms with Crippen molar-refractivity contribution in [2.45, 2.75) is 25.9 Å². The van der Waals surface area contributed by atoms with Gasteiger partial charge in [0.1, 0.15) is 18.5 Å². The molecule has 0 radical (unpaired) electrons. The van der Waals surface area contributed by atoms with Crippen molar-refractivity contribution in [1.82, 2.24) is 4.90 Å². The van der Waals surface area contributed by atoms with E-state index in [-0.39, 0.29) is 12.0 Å². The molecule has 1 aromatic rings. The van der Waals surface area contributed by atoms with Crippen molar-refractivity contribution in [3.63, 3.8) is 0 Å². The van der Waals surface area contributed by atoms with Crippen molar-refractivity contribution in [3.05, 3.63) is 23.8 Å². The number of rotatable bonds is 3. The third kappa shape index (κ3) is 3.29. The summed E-state index contributed by atoms with van der Waals surface area (Å²) in [4.78, 5) is 13.2. The van der Waals surface area contributed by atoms with Crippen molar-refractivity contribution in [2.24, 2.45) is 0 Å². The van der Waals surface area contributed by atoms with Gasteiger partial charge in [-0.25, -0.2) is 0 Å². The lowest BCUT2D eigenvalue weighted by Gasteiger charge is -2.32. The monoisotopic (exact) mass is 290 g/mol. The fourth-order valence-electron chi connectivity index (χ4n) is 2.89. The van der Waals surface area contributed by atoms with Gasteiger partial charge in [-0.3, -0.25) is 4.79 Å². The van der Waals surface area contributed by atoms with Crippen molar-refractivity contribution >= 4 is 11.6 Å². The maximum atomic E-state index is 11.4. The molecule has 114 valence electrons. The van der Waals surface area contributed by atoms with Gasteiger partial charge in [0, 0.05) is 20.0 Å². The van der Waals surface area contributed by atoms with Crippen molar-refractivity contribution < 1.29 is 14.3 Å². The molecule has 0 saturated carbocycles. The predicted molar refractivity (Wildman–Crippen MR) is 80.7 cm³/mol. The van der Waals surface area contributed by atoms with Crippen LogP contribution in [-0.2, 0) is 16.0 Å². The van der Waals surface area contributed by atoms with Crippen molar-refractivity contribution in [1.29, 1.82) is 0 Å². The summed E-state index contributed by atoms with van der Waals surface area (Å²) in [7, 11) is 0. The number of benzene rings is 1. The SMILES string of the molecule is CC(=O)N1CCOC(COc2cccc3c2NCCC3)C1. The van der Waals surface area contributed by atoms with Gasteiger partial charge in [0.15, 0.2) is 0 Å². The largest absolute Gasteiger partial charge is 0.489 e. The Bertz CT molecular complexity index is 518. The molecule has 1 amide bonds. The lowest BCUT2D eigenvalue weighted by atomic mass is 10.0. The first-order chi connectivity index (χ1) is 10.2. The highest BCUT2D eigenvalue weighted by molar-refractivity contribution is 5.73. The first-order valence-corrected chi connectivity index (χ1v) is 7.59. The molecule has 1 unspecified atom stereocenters. The molecule has 0 aliphatic carbocycles. The minimum Gasteiger partial charge on any atom is -0.489 e. The third-order valence-corrected chi connectivity index (χ3v) is 4.05. The van der Waals surface area contributed by atoms with E-state index in [1.54, 1.807) is 6.92 Å². The first kappa shape index (κ1) is 14.2. The average molecular weight is 290 g/mol. The predicted octanol–water partition coefficient (Wildman–Crippen LogP) is 1.67. The van der Waals surface area contributed by atoms with Crippen molar-refractivity contribution in [3.8, 4) is 5.75 Å². The second-order valence-corrected chi connectivity index (χ2v) is 5.59. The first-order valence-electron chi connectivity index (χ1n) is 7.59. The zero-order chi connectivity index (χ0) is 14.7. The zero-order valence-corrected chi connectivity index (χ0v) is 12.4. The topological polar surface area (TPSA) is 50.8 Å². The number of para-hydroxylation sites is 1. The molecular weight excluding hydrogens is 268 g/mol. The molecule has 2 aliphatic rings. The highest BCUT2D eigenvalue weighted by atomic mass is 16.5. The molecule has 1 atom stereocenters. The number of nitrogens with one attached hydrogen (secondary N) is 1. The van der Waals surface area contributed by atoms with Crippen LogP contribution in [0.4, 0.5) is 5.69 Å². The van der Waals surface area contributed by atoms with Crippen LogP contribution in [0.25, 0.3) is 0 Å². The van der Waals surface area contributed by atoms with Gasteiger partial charge in [0.2, 0.25) is 5.91 Å². The molecule has 1 N–H and O–H groups in total. The van der Waals surface area contributed by atoms with E-state index < -0.39 is 0 Å². The Balaban J connectivity index is 1.61. The summed E-state index contributed by atoms with van der Waals surface area (Å²) in [6, 6.07) is 6.16. The zero-order valence-electron chi connectivity index (χ0n) is 12.4. The number of nitrogens with zero attached hydrogens (tertiary/aromatic N) is 1. The number of fused-ring (bicyclic) bond motifs is 1. The normalized spacial score (nSPS) is 21.4. The summed E-state index contributed by atoms with van der Waals surface area (Å²) in [5.41, 5.74) is 2.43. The molecule has 2 aliphatic heterocycles. The summed E-state index contributed by atoms with van der Waals surface area (Å²) in [5, 5.41) is 3.42. The van der Waals surface area contributed by atoms with Gasteiger partial charge >= 0.3 is 0 Å². The van der Waals surface area contributed by atoms with Crippen LogP contribution in [-0.4, -0.2) is 49.8 Å². The van der Waals surface area contributed by atoms with E-state index in [9.17, 15) is 4.79 Å². The second-order valence-electron chi connectivity index (χ2n) is 5.59. The van der Waals surface area contributed by atoms with E-state index in [0.717, 1.165) is 30.8 Å². The molecule has 0 bridgehead atoms. The number of aryl methyl sites for hydroxylation is 1. The summed E-state index contributed by atoms with van der Waals surface area (Å²) < 4.78 is 11.6. The maximum absolute atomic E-state index is 11.4. The van der Waals surface area contributed by atoms with Crippen LogP contribution in [0.1, 0.15) is 18.9 Å². The Labute approximate surface area is 125 Å². The minimum atomic E-state index is -0.0536. The molecule has 21 heavy (non-hydrogen) atoms. The smallest absolute Gasteiger partial charge is 0.219 e. The molecule has 3 rings (SSSR count). The van der Waals surface area contributed by atoms with Gasteiger partial charge in [-0.1, -0.05) is 12.1 Å². The van der Waals surface area contributed by atoms with Crippen LogP contribution in [0, 0.1) is 0 Å². The number of carbonyl (C=O) groups is 1. The van der Waals surface area contributed by atoms with Crippen LogP contribution in [0.3, 0.4) is 0 Å². The van der Waals surface area contributed by atoms with E-state index in [1.807, 2.05) is 17.0 Å². The van der Waals surface area contributed by atoms with E-state index >= 15 is 0 Å². The van der Waals surface area contributed by atoms with E-state index in [1.165, 1.54) is 5.56 Å². The van der Waals surface area contributed by atoms with E-state index in [2.05, 4.69) is 11.4 Å². The van der Waals surface area contributed by atoms with Crippen LogP contribution >= 0.6 is 0 Å². The summed E-state index contributed by atoms with van der Waals surface area (Å²) in [5.74, 6) is 0.984. The molecule has 5 heteroatoms.